The summed E-state index contributed by atoms with van der Waals surface area (Å²) in [7, 11) is 1.62. The minimum Gasteiger partial charge on any atom is -0.497 e. The molecule has 0 unspecified atom stereocenters. The molecule has 0 N–H and O–H groups in total. The van der Waals surface area contributed by atoms with E-state index in [1.54, 1.807) is 7.11 Å². The van der Waals surface area contributed by atoms with E-state index in [0.29, 0.717) is 0 Å². The van der Waals surface area contributed by atoms with Gasteiger partial charge in [-0.2, -0.15) is 0 Å². The zero-order valence-electron chi connectivity index (χ0n) is 12.0. The summed E-state index contributed by atoms with van der Waals surface area (Å²) < 4.78 is 5.11. The number of nitrogens with zero attached hydrogens (tertiary/aromatic N) is 2. The summed E-state index contributed by atoms with van der Waals surface area (Å²) in [5, 5.41) is 0. The lowest BCUT2D eigenvalue weighted by Crippen LogP contribution is -2.35. The lowest BCUT2D eigenvalue weighted by molar-refractivity contribution is 0.0762. The Morgan fingerprint density at radius 1 is 1.25 bits per heavy atom. The van der Waals surface area contributed by atoms with Gasteiger partial charge >= 0.3 is 0 Å². The van der Waals surface area contributed by atoms with Gasteiger partial charge in [0.25, 0.3) is 5.91 Å². The number of carbonyl (C=O) groups is 1. The number of benzene rings is 1. The first-order chi connectivity index (χ1) is 9.74. The molecule has 1 aromatic rings. The van der Waals surface area contributed by atoms with Gasteiger partial charge in [-0.15, -0.1) is 6.58 Å². The molecule has 108 valence electrons. The normalized spacial score (nSPS) is 16.6. The van der Waals surface area contributed by atoms with Crippen molar-refractivity contribution in [3.63, 3.8) is 0 Å². The van der Waals surface area contributed by atoms with Crippen molar-refractivity contribution >= 4 is 5.91 Å². The van der Waals surface area contributed by atoms with Gasteiger partial charge in [-0.3, -0.25) is 9.69 Å². The monoisotopic (exact) mass is 274 g/mol. The van der Waals surface area contributed by atoms with Crippen LogP contribution in [-0.4, -0.2) is 55.5 Å². The molecule has 1 heterocycles. The number of hydrogen-bond donors (Lipinski definition) is 0. The Morgan fingerprint density at radius 2 is 2.00 bits per heavy atom. The van der Waals surface area contributed by atoms with Gasteiger partial charge in [-0.1, -0.05) is 6.08 Å². The zero-order valence-corrected chi connectivity index (χ0v) is 12.0. The minimum absolute atomic E-state index is 0.105. The van der Waals surface area contributed by atoms with Gasteiger partial charge in [0.05, 0.1) is 7.11 Å². The van der Waals surface area contributed by atoms with Crippen LogP contribution in [0.2, 0.25) is 0 Å². The summed E-state index contributed by atoms with van der Waals surface area (Å²) >= 11 is 0. The van der Waals surface area contributed by atoms with Crippen LogP contribution < -0.4 is 4.74 Å². The molecule has 1 aliphatic heterocycles. The van der Waals surface area contributed by atoms with Crippen molar-refractivity contribution in [3.8, 4) is 5.75 Å². The van der Waals surface area contributed by atoms with Crippen molar-refractivity contribution in [2.75, 3.05) is 39.8 Å². The van der Waals surface area contributed by atoms with Crippen LogP contribution in [0.5, 0.6) is 5.75 Å². The Balaban J connectivity index is 1.99. The van der Waals surface area contributed by atoms with Crippen molar-refractivity contribution < 1.29 is 9.53 Å². The number of hydrogen-bond acceptors (Lipinski definition) is 3. The van der Waals surface area contributed by atoms with E-state index in [0.717, 1.165) is 50.5 Å². The van der Waals surface area contributed by atoms with Crippen LogP contribution in [0.4, 0.5) is 0 Å². The molecule has 0 aromatic heterocycles. The summed E-state index contributed by atoms with van der Waals surface area (Å²) in [4.78, 5) is 16.7. The first-order valence-electron chi connectivity index (χ1n) is 7.01. The predicted molar refractivity (Wildman–Crippen MR) is 80.2 cm³/mol. The van der Waals surface area contributed by atoms with E-state index in [9.17, 15) is 4.79 Å². The fourth-order valence-electron chi connectivity index (χ4n) is 2.46. The summed E-state index contributed by atoms with van der Waals surface area (Å²) in [5.74, 6) is 0.877. The molecule has 20 heavy (non-hydrogen) atoms. The van der Waals surface area contributed by atoms with Gasteiger partial charge in [0, 0.05) is 38.3 Å². The van der Waals surface area contributed by atoms with E-state index >= 15 is 0 Å². The second kappa shape index (κ2) is 7.10. The highest BCUT2D eigenvalue weighted by atomic mass is 16.5. The number of carbonyl (C=O) groups excluding carboxylic acids is 1. The maximum atomic E-state index is 12.5. The maximum absolute atomic E-state index is 12.5. The van der Waals surface area contributed by atoms with Gasteiger partial charge in [-0.05, 0) is 30.7 Å². The Labute approximate surface area is 120 Å². The molecular formula is C16H22N2O2. The molecular weight excluding hydrogens is 252 g/mol. The van der Waals surface area contributed by atoms with Gasteiger partial charge < -0.3 is 9.64 Å². The lowest BCUT2D eigenvalue weighted by Gasteiger charge is -2.21. The first-order valence-corrected chi connectivity index (χ1v) is 7.01. The second-order valence-electron chi connectivity index (χ2n) is 4.96. The Bertz CT molecular complexity index is 456. The lowest BCUT2D eigenvalue weighted by atomic mass is 10.2. The van der Waals surface area contributed by atoms with Gasteiger partial charge in [-0.25, -0.2) is 0 Å². The standard InChI is InChI=1S/C16H22N2O2/c1-3-9-17-10-4-11-18(13-12-17)16(19)14-5-7-15(20-2)8-6-14/h3,5-8H,1,4,9-13H2,2H3. The molecule has 4 nitrogen and oxygen atoms in total. The van der Waals surface area contributed by atoms with Crippen molar-refractivity contribution in [1.82, 2.24) is 9.80 Å². The molecule has 0 saturated carbocycles. The number of ether oxygens (including phenoxy) is 1. The third kappa shape index (κ3) is 3.61. The highest BCUT2D eigenvalue weighted by molar-refractivity contribution is 5.94. The molecule has 1 aromatic carbocycles. The average Bonchev–Trinajstić information content (AvgIpc) is 2.73. The molecule has 1 aliphatic rings. The quantitative estimate of drug-likeness (QED) is 0.788. The second-order valence-corrected chi connectivity index (χ2v) is 4.96. The van der Waals surface area contributed by atoms with Gasteiger partial charge in [0.15, 0.2) is 0 Å². The van der Waals surface area contributed by atoms with Gasteiger partial charge in [0.2, 0.25) is 0 Å². The van der Waals surface area contributed by atoms with Crippen molar-refractivity contribution in [1.29, 1.82) is 0 Å². The Kier molecular flexibility index (Phi) is 5.18. The molecule has 1 saturated heterocycles. The fourth-order valence-corrected chi connectivity index (χ4v) is 2.46. The molecule has 0 spiro atoms. The fraction of sp³-hybridized carbons (Fsp3) is 0.438. The van der Waals surface area contributed by atoms with Crippen LogP contribution in [0.1, 0.15) is 16.8 Å². The van der Waals surface area contributed by atoms with Crippen molar-refractivity contribution in [3.05, 3.63) is 42.5 Å². The molecule has 4 heteroatoms. The summed E-state index contributed by atoms with van der Waals surface area (Å²) in [6, 6.07) is 7.31. The van der Waals surface area contributed by atoms with Crippen LogP contribution in [-0.2, 0) is 0 Å². The molecule has 1 fully saturated rings. The molecule has 0 aliphatic carbocycles. The van der Waals surface area contributed by atoms with Crippen LogP contribution in [0.15, 0.2) is 36.9 Å². The molecule has 2 rings (SSSR count). The van der Waals surface area contributed by atoms with Crippen molar-refractivity contribution in [2.24, 2.45) is 0 Å². The number of methoxy groups -OCH3 is 1. The molecule has 1 amide bonds. The van der Waals surface area contributed by atoms with E-state index in [1.165, 1.54) is 0 Å². The zero-order chi connectivity index (χ0) is 14.4. The van der Waals surface area contributed by atoms with Gasteiger partial charge in [0.1, 0.15) is 5.75 Å². The predicted octanol–water partition coefficient (Wildman–Crippen LogP) is 2.03. The topological polar surface area (TPSA) is 32.8 Å². The third-order valence-electron chi connectivity index (χ3n) is 3.60. The molecule has 0 bridgehead atoms. The maximum Gasteiger partial charge on any atom is 0.253 e. The Morgan fingerprint density at radius 3 is 2.65 bits per heavy atom. The van der Waals surface area contributed by atoms with E-state index in [-0.39, 0.29) is 5.91 Å². The summed E-state index contributed by atoms with van der Waals surface area (Å²) in [5.41, 5.74) is 0.725. The van der Waals surface area contributed by atoms with Crippen LogP contribution >= 0.6 is 0 Å². The summed E-state index contributed by atoms with van der Waals surface area (Å²) in [6.07, 6.45) is 2.93. The van der Waals surface area contributed by atoms with E-state index in [2.05, 4.69) is 11.5 Å². The first kappa shape index (κ1) is 14.6. The highest BCUT2D eigenvalue weighted by Crippen LogP contribution is 2.14. The van der Waals surface area contributed by atoms with Crippen LogP contribution in [0, 0.1) is 0 Å². The van der Waals surface area contributed by atoms with E-state index in [1.807, 2.05) is 35.2 Å². The Hall–Kier alpha value is -1.81. The highest BCUT2D eigenvalue weighted by Gasteiger charge is 2.19. The van der Waals surface area contributed by atoms with E-state index < -0.39 is 0 Å². The van der Waals surface area contributed by atoms with E-state index in [4.69, 9.17) is 4.74 Å². The SMILES string of the molecule is C=CCN1CCCN(C(=O)c2ccc(OC)cc2)CC1. The smallest absolute Gasteiger partial charge is 0.253 e. The van der Waals surface area contributed by atoms with Crippen LogP contribution in [0.3, 0.4) is 0 Å². The largest absolute Gasteiger partial charge is 0.497 e. The third-order valence-corrected chi connectivity index (χ3v) is 3.60. The summed E-state index contributed by atoms with van der Waals surface area (Å²) in [6.45, 7) is 8.19. The van der Waals surface area contributed by atoms with Crippen molar-refractivity contribution in [2.45, 2.75) is 6.42 Å². The number of rotatable bonds is 4. The average molecular weight is 274 g/mol. The molecule has 0 radical (unpaired) electrons. The minimum atomic E-state index is 0.105. The number of amides is 1. The van der Waals surface area contributed by atoms with Crippen LogP contribution in [0.25, 0.3) is 0 Å². The molecule has 0 atom stereocenters.